The molecular weight excluding hydrogens is 523 g/mol. The average molecular weight is 540 g/mol. The minimum atomic E-state index is -4.76. The van der Waals surface area contributed by atoms with Crippen molar-refractivity contribution in [2.24, 2.45) is 0 Å². The van der Waals surface area contributed by atoms with Crippen molar-refractivity contribution in [2.75, 3.05) is 18.3 Å². The fourth-order valence-corrected chi connectivity index (χ4v) is 5.56. The maximum Gasteiger partial charge on any atom is 0.449 e. The van der Waals surface area contributed by atoms with E-state index in [1.54, 1.807) is 60.7 Å². The van der Waals surface area contributed by atoms with Gasteiger partial charge in [0.2, 0.25) is 18.5 Å². The highest BCUT2D eigenvalue weighted by Gasteiger charge is 2.57. The summed E-state index contributed by atoms with van der Waals surface area (Å²) in [5, 5.41) is 0.447. The second-order valence-electron chi connectivity index (χ2n) is 9.27. The zero-order valence-corrected chi connectivity index (χ0v) is 20.2. The summed E-state index contributed by atoms with van der Waals surface area (Å²) in [5.74, 6) is -0.0400. The molecule has 4 aromatic rings. The fourth-order valence-electron chi connectivity index (χ4n) is 5.43. The third-order valence-corrected chi connectivity index (χ3v) is 7.42. The van der Waals surface area contributed by atoms with E-state index in [-0.39, 0.29) is 31.3 Å². The van der Waals surface area contributed by atoms with Crippen molar-refractivity contribution in [3.05, 3.63) is 94.2 Å². The summed E-state index contributed by atoms with van der Waals surface area (Å²) >= 11 is 5.93. The number of ether oxygens (including phenoxy) is 3. The first kappa shape index (κ1) is 23.0. The first-order chi connectivity index (χ1) is 18.3. The van der Waals surface area contributed by atoms with E-state index >= 15 is 0 Å². The van der Waals surface area contributed by atoms with Crippen LogP contribution in [0.15, 0.2) is 71.1 Å². The highest BCUT2D eigenvalue weighted by Crippen LogP contribution is 2.55. The molecule has 192 valence electrons. The largest absolute Gasteiger partial charge is 0.491 e. The van der Waals surface area contributed by atoms with Gasteiger partial charge < -0.3 is 23.5 Å². The zero-order valence-electron chi connectivity index (χ0n) is 19.5. The molecule has 3 aliphatic heterocycles. The molecule has 38 heavy (non-hydrogen) atoms. The Morgan fingerprint density at radius 1 is 0.895 bits per heavy atom. The number of halogens is 4. The Kier molecular flexibility index (Phi) is 4.82. The Morgan fingerprint density at radius 2 is 1.63 bits per heavy atom. The van der Waals surface area contributed by atoms with E-state index in [1.807, 2.05) is 0 Å². The monoisotopic (exact) mass is 539 g/mol. The second kappa shape index (κ2) is 7.94. The molecule has 0 N–H and O–H groups in total. The predicted octanol–water partition coefficient (Wildman–Crippen LogP) is 6.57. The highest BCUT2D eigenvalue weighted by molar-refractivity contribution is 6.30. The number of anilines is 1. The number of alkyl halides is 3. The van der Waals surface area contributed by atoms with Crippen LogP contribution in [0.2, 0.25) is 5.02 Å². The van der Waals surface area contributed by atoms with Crippen LogP contribution in [0.4, 0.5) is 18.9 Å². The molecule has 1 amide bonds. The summed E-state index contributed by atoms with van der Waals surface area (Å²) in [6.45, 7) is -0.285. The lowest BCUT2D eigenvalue weighted by Crippen LogP contribution is -2.42. The van der Waals surface area contributed by atoms with E-state index < -0.39 is 23.3 Å². The van der Waals surface area contributed by atoms with Crippen LogP contribution in [-0.2, 0) is 22.9 Å². The number of amides is 1. The lowest BCUT2D eigenvalue weighted by molar-refractivity contribution is -0.153. The van der Waals surface area contributed by atoms with Gasteiger partial charge in [-0.15, -0.1) is 0 Å². The molecule has 0 saturated heterocycles. The lowest BCUT2D eigenvalue weighted by atomic mass is 9.77. The quantitative estimate of drug-likeness (QED) is 0.295. The molecule has 0 radical (unpaired) electrons. The Bertz CT molecular complexity index is 1610. The molecule has 1 spiro atoms. The van der Waals surface area contributed by atoms with Gasteiger partial charge in [0.1, 0.15) is 23.5 Å². The van der Waals surface area contributed by atoms with Crippen molar-refractivity contribution in [1.82, 2.24) is 0 Å². The van der Waals surface area contributed by atoms with Crippen molar-refractivity contribution >= 4 is 23.2 Å². The van der Waals surface area contributed by atoms with E-state index in [4.69, 9.17) is 30.2 Å². The van der Waals surface area contributed by atoms with Gasteiger partial charge in [-0.25, -0.2) is 0 Å². The molecule has 0 bridgehead atoms. The van der Waals surface area contributed by atoms with Crippen LogP contribution < -0.4 is 19.1 Å². The topological polar surface area (TPSA) is 61.1 Å². The average Bonchev–Trinajstić information content (AvgIpc) is 3.66. The van der Waals surface area contributed by atoms with Gasteiger partial charge in [-0.1, -0.05) is 29.8 Å². The summed E-state index contributed by atoms with van der Waals surface area (Å²) < 4.78 is 64.4. The summed E-state index contributed by atoms with van der Waals surface area (Å²) in [6.07, 6.45) is -4.76. The van der Waals surface area contributed by atoms with Crippen molar-refractivity contribution in [2.45, 2.75) is 18.1 Å². The second-order valence-corrected chi connectivity index (χ2v) is 9.71. The smallest absolute Gasteiger partial charge is 0.449 e. The van der Waals surface area contributed by atoms with Gasteiger partial charge in [0, 0.05) is 33.5 Å². The van der Waals surface area contributed by atoms with E-state index in [9.17, 15) is 18.0 Å². The maximum absolute atomic E-state index is 14.2. The number of hydrogen-bond donors (Lipinski definition) is 0. The molecule has 0 fully saturated rings. The number of para-hydroxylation sites is 1. The third-order valence-electron chi connectivity index (χ3n) is 7.17. The number of carbonyl (C=O) groups excluding carboxylic acids is 1. The Morgan fingerprint density at radius 3 is 2.39 bits per heavy atom. The number of hydrogen-bond acceptors (Lipinski definition) is 5. The van der Waals surface area contributed by atoms with Crippen LogP contribution >= 0.6 is 11.6 Å². The van der Waals surface area contributed by atoms with Gasteiger partial charge in [-0.05, 0) is 48.0 Å². The SMILES string of the molecule is O=C1N(Cc2cc(-c3ccc(Cl)cc3)oc2C(F)(F)F)c2ccccc2C12COc1cc3c(cc12)OCO3. The molecule has 3 aliphatic rings. The summed E-state index contributed by atoms with van der Waals surface area (Å²) in [7, 11) is 0. The molecule has 0 saturated carbocycles. The lowest BCUT2D eigenvalue weighted by Gasteiger charge is -2.23. The minimum Gasteiger partial charge on any atom is -0.491 e. The van der Waals surface area contributed by atoms with Crippen molar-refractivity contribution in [1.29, 1.82) is 0 Å². The molecule has 1 aromatic heterocycles. The Balaban J connectivity index is 1.33. The standard InChI is InChI=1S/C28H17ClF3NO5/c29-17-7-5-15(6-8-17)21-9-16(25(38-21)28(30,31)32)12-33-20-4-2-1-3-18(20)27(26(33)34)13-35-22-11-24-23(10-19(22)27)36-14-37-24/h1-11H,12-14H2. The van der Waals surface area contributed by atoms with Gasteiger partial charge in [-0.2, -0.15) is 13.2 Å². The third kappa shape index (κ3) is 3.24. The van der Waals surface area contributed by atoms with Crippen molar-refractivity contribution in [3.63, 3.8) is 0 Å². The molecule has 4 heterocycles. The van der Waals surface area contributed by atoms with Gasteiger partial charge in [0.05, 0.1) is 6.54 Å². The number of furan rings is 1. The zero-order chi connectivity index (χ0) is 26.2. The molecular formula is C28H17ClF3NO5. The Labute approximate surface area is 219 Å². The van der Waals surface area contributed by atoms with Crippen molar-refractivity contribution < 1.29 is 36.6 Å². The number of fused-ring (bicyclic) bond motifs is 5. The fraction of sp³-hybridized carbons (Fsp3) is 0.179. The van der Waals surface area contributed by atoms with Crippen LogP contribution in [0, 0.1) is 0 Å². The van der Waals surface area contributed by atoms with Crippen LogP contribution in [0.1, 0.15) is 22.5 Å². The van der Waals surface area contributed by atoms with Crippen molar-refractivity contribution in [3.8, 4) is 28.6 Å². The molecule has 3 aromatic carbocycles. The van der Waals surface area contributed by atoms with E-state index in [0.717, 1.165) is 0 Å². The highest BCUT2D eigenvalue weighted by atomic mass is 35.5. The number of nitrogens with zero attached hydrogens (tertiary/aromatic N) is 1. The van der Waals surface area contributed by atoms with E-state index in [1.165, 1.54) is 11.0 Å². The van der Waals surface area contributed by atoms with Gasteiger partial charge >= 0.3 is 6.18 Å². The first-order valence-corrected chi connectivity index (χ1v) is 12.1. The molecule has 1 unspecified atom stereocenters. The molecule has 6 nitrogen and oxygen atoms in total. The van der Waals surface area contributed by atoms with Crippen LogP contribution in [0.25, 0.3) is 11.3 Å². The summed E-state index contributed by atoms with van der Waals surface area (Å²) in [4.78, 5) is 15.5. The number of benzene rings is 3. The normalized spacial score (nSPS) is 19.2. The van der Waals surface area contributed by atoms with E-state index in [0.29, 0.717) is 44.6 Å². The molecule has 1 atom stereocenters. The number of carbonyl (C=O) groups is 1. The van der Waals surface area contributed by atoms with Gasteiger partial charge in [0.15, 0.2) is 11.5 Å². The molecule has 7 rings (SSSR count). The summed E-state index contributed by atoms with van der Waals surface area (Å²) in [5.41, 5.74) is 0.796. The predicted molar refractivity (Wildman–Crippen MR) is 131 cm³/mol. The number of rotatable bonds is 3. The summed E-state index contributed by atoms with van der Waals surface area (Å²) in [6, 6.07) is 18.1. The van der Waals surface area contributed by atoms with Gasteiger partial charge in [-0.3, -0.25) is 4.79 Å². The first-order valence-electron chi connectivity index (χ1n) is 11.7. The molecule has 0 aliphatic carbocycles. The maximum atomic E-state index is 14.2. The Hall–Kier alpha value is -4.11. The van der Waals surface area contributed by atoms with Crippen LogP contribution in [0.3, 0.4) is 0 Å². The van der Waals surface area contributed by atoms with Crippen LogP contribution in [-0.4, -0.2) is 19.3 Å². The van der Waals surface area contributed by atoms with Crippen LogP contribution in [0.5, 0.6) is 17.2 Å². The van der Waals surface area contributed by atoms with E-state index in [2.05, 4.69) is 0 Å². The minimum absolute atomic E-state index is 0.00507. The van der Waals surface area contributed by atoms with Gasteiger partial charge in [0.25, 0.3) is 0 Å². The molecule has 10 heteroatoms.